The second kappa shape index (κ2) is 7.42. The Morgan fingerprint density at radius 3 is 2.26 bits per heavy atom. The van der Waals surface area contributed by atoms with E-state index in [1.165, 1.54) is 0 Å². The number of carboxylic acids is 1. The van der Waals surface area contributed by atoms with E-state index in [9.17, 15) is 19.8 Å². The smallest absolute Gasteiger partial charge is 0.225 e. The number of nitrogen functional groups attached to an aromatic ring is 1. The van der Waals surface area contributed by atoms with Crippen LogP contribution in [0.15, 0.2) is 54.6 Å². The van der Waals surface area contributed by atoms with Crippen molar-refractivity contribution in [3.8, 4) is 0 Å². The minimum absolute atomic E-state index is 0.0223. The summed E-state index contributed by atoms with van der Waals surface area (Å²) in [5.74, 6) is -2.08. The lowest BCUT2D eigenvalue weighted by molar-refractivity contribution is -0.310. The van der Waals surface area contributed by atoms with Crippen molar-refractivity contribution in [3.63, 3.8) is 0 Å². The number of nitrogens with two attached hydrogens (primary N) is 1. The van der Waals surface area contributed by atoms with Gasteiger partial charge < -0.3 is 26.1 Å². The van der Waals surface area contributed by atoms with E-state index in [-0.39, 0.29) is 6.42 Å². The third kappa shape index (κ3) is 4.55. The fourth-order valence-corrected chi connectivity index (χ4v) is 2.15. The summed E-state index contributed by atoms with van der Waals surface area (Å²) in [6.07, 6.45) is -1.41. The maximum Gasteiger partial charge on any atom is 0.225 e. The molecule has 0 fully saturated rings. The summed E-state index contributed by atoms with van der Waals surface area (Å²) in [6, 6.07) is 13.4. The van der Waals surface area contributed by atoms with Gasteiger partial charge in [-0.2, -0.15) is 0 Å². The van der Waals surface area contributed by atoms with Gasteiger partial charge in [-0.3, -0.25) is 4.79 Å². The van der Waals surface area contributed by atoms with Crippen LogP contribution in [0.2, 0.25) is 0 Å². The summed E-state index contributed by atoms with van der Waals surface area (Å²) in [5.41, 5.74) is 7.20. The van der Waals surface area contributed by atoms with E-state index in [0.717, 1.165) is 0 Å². The normalized spacial score (nSPS) is 13.1. The predicted molar refractivity (Wildman–Crippen MR) is 82.9 cm³/mol. The molecular weight excluding hydrogens is 296 g/mol. The Kier molecular flexibility index (Phi) is 5.32. The largest absolute Gasteiger partial charge is 0.548 e. The van der Waals surface area contributed by atoms with Crippen LogP contribution in [0.25, 0.3) is 0 Å². The molecule has 0 saturated carbocycles. The van der Waals surface area contributed by atoms with Gasteiger partial charge in [-0.15, -0.1) is 0 Å². The Hall–Kier alpha value is -2.86. The van der Waals surface area contributed by atoms with E-state index in [0.29, 0.717) is 16.8 Å². The van der Waals surface area contributed by atoms with E-state index in [1.807, 2.05) is 0 Å². The summed E-state index contributed by atoms with van der Waals surface area (Å²) in [4.78, 5) is 23.2. The van der Waals surface area contributed by atoms with Crippen LogP contribution in [-0.4, -0.2) is 23.0 Å². The van der Waals surface area contributed by atoms with Gasteiger partial charge in [0.15, 0.2) is 0 Å². The number of aliphatic carboxylic acids is 1. The molecule has 2 atom stereocenters. The van der Waals surface area contributed by atoms with Crippen molar-refractivity contribution in [2.45, 2.75) is 18.6 Å². The van der Waals surface area contributed by atoms with Crippen LogP contribution in [-0.2, 0) is 16.0 Å². The number of hydrogen-bond acceptors (Lipinski definition) is 5. The molecule has 6 heteroatoms. The molecule has 23 heavy (non-hydrogen) atoms. The van der Waals surface area contributed by atoms with Crippen LogP contribution < -0.4 is 16.2 Å². The zero-order valence-corrected chi connectivity index (χ0v) is 12.3. The van der Waals surface area contributed by atoms with Crippen LogP contribution in [0.1, 0.15) is 17.2 Å². The maximum atomic E-state index is 12.0. The summed E-state index contributed by atoms with van der Waals surface area (Å²) >= 11 is 0. The van der Waals surface area contributed by atoms with Gasteiger partial charge in [0.25, 0.3) is 0 Å². The molecular formula is C17H17N2O4-. The first-order chi connectivity index (χ1) is 11.0. The van der Waals surface area contributed by atoms with Crippen LogP contribution in [0.3, 0.4) is 0 Å². The van der Waals surface area contributed by atoms with Gasteiger partial charge in [0.05, 0.1) is 18.4 Å². The van der Waals surface area contributed by atoms with Crippen molar-refractivity contribution in [3.05, 3.63) is 65.7 Å². The molecule has 0 aliphatic carbocycles. The first kappa shape index (κ1) is 16.5. The summed E-state index contributed by atoms with van der Waals surface area (Å²) in [5, 5.41) is 23.7. The number of aliphatic hydroxyl groups is 1. The number of carbonyl (C=O) groups is 2. The number of aliphatic hydroxyl groups excluding tert-OH is 1. The Labute approximate surface area is 133 Å². The number of anilines is 1. The average molecular weight is 313 g/mol. The fourth-order valence-electron chi connectivity index (χ4n) is 2.15. The van der Waals surface area contributed by atoms with Crippen molar-refractivity contribution in [2.24, 2.45) is 0 Å². The van der Waals surface area contributed by atoms with Crippen molar-refractivity contribution in [2.75, 3.05) is 5.73 Å². The predicted octanol–water partition coefficient (Wildman–Crippen LogP) is -0.220. The lowest BCUT2D eigenvalue weighted by Gasteiger charge is -2.25. The molecule has 1 amide bonds. The quantitative estimate of drug-likeness (QED) is 0.638. The minimum Gasteiger partial charge on any atom is -0.548 e. The SMILES string of the molecule is Nc1ccc(CC(=O)NC(C(=O)[O-])C(O)c2ccccc2)cc1. The van der Waals surface area contributed by atoms with Gasteiger partial charge in [-0.25, -0.2) is 0 Å². The molecule has 6 nitrogen and oxygen atoms in total. The van der Waals surface area contributed by atoms with Crippen LogP contribution >= 0.6 is 0 Å². The van der Waals surface area contributed by atoms with Crippen molar-refractivity contribution >= 4 is 17.6 Å². The highest BCUT2D eigenvalue weighted by Gasteiger charge is 2.23. The number of amides is 1. The molecule has 0 spiro atoms. The molecule has 0 bridgehead atoms. The molecule has 0 heterocycles. The van der Waals surface area contributed by atoms with Crippen molar-refractivity contribution < 1.29 is 19.8 Å². The monoisotopic (exact) mass is 313 g/mol. The van der Waals surface area contributed by atoms with Gasteiger partial charge in [-0.05, 0) is 23.3 Å². The minimum atomic E-state index is -1.55. The molecule has 2 aromatic carbocycles. The molecule has 2 rings (SSSR count). The first-order valence-corrected chi connectivity index (χ1v) is 7.05. The van der Waals surface area contributed by atoms with E-state index in [2.05, 4.69) is 5.32 Å². The Balaban J connectivity index is 2.05. The molecule has 0 saturated heterocycles. The number of rotatable bonds is 6. The standard InChI is InChI=1S/C17H18N2O4/c18-13-8-6-11(7-9-13)10-14(20)19-15(17(22)23)16(21)12-4-2-1-3-5-12/h1-9,15-16,21H,10,18H2,(H,19,20)(H,22,23)/p-1. The molecule has 0 aliphatic rings. The maximum absolute atomic E-state index is 12.0. The third-order valence-corrected chi connectivity index (χ3v) is 3.37. The Morgan fingerprint density at radius 1 is 1.09 bits per heavy atom. The van der Waals surface area contributed by atoms with Crippen LogP contribution in [0, 0.1) is 0 Å². The highest BCUT2D eigenvalue weighted by atomic mass is 16.4. The Morgan fingerprint density at radius 2 is 1.70 bits per heavy atom. The van der Waals surface area contributed by atoms with E-state index in [1.54, 1.807) is 54.6 Å². The molecule has 0 aliphatic heterocycles. The van der Waals surface area contributed by atoms with E-state index >= 15 is 0 Å². The average Bonchev–Trinajstić information content (AvgIpc) is 2.55. The molecule has 0 radical (unpaired) electrons. The fraction of sp³-hybridized carbons (Fsp3) is 0.176. The van der Waals surface area contributed by atoms with Gasteiger partial charge in [-0.1, -0.05) is 42.5 Å². The zero-order valence-electron chi connectivity index (χ0n) is 12.3. The number of nitrogens with one attached hydrogen (secondary N) is 1. The summed E-state index contributed by atoms with van der Waals surface area (Å²) in [6.45, 7) is 0. The van der Waals surface area contributed by atoms with Crippen molar-refractivity contribution in [1.82, 2.24) is 5.32 Å². The number of hydrogen-bond donors (Lipinski definition) is 3. The second-order valence-electron chi connectivity index (χ2n) is 5.14. The van der Waals surface area contributed by atoms with Crippen LogP contribution in [0.4, 0.5) is 5.69 Å². The van der Waals surface area contributed by atoms with Gasteiger partial charge >= 0.3 is 0 Å². The second-order valence-corrected chi connectivity index (χ2v) is 5.14. The molecule has 2 aromatic rings. The van der Waals surface area contributed by atoms with Crippen LogP contribution in [0.5, 0.6) is 0 Å². The van der Waals surface area contributed by atoms with Gasteiger partial charge in [0.2, 0.25) is 5.91 Å². The highest BCUT2D eigenvalue weighted by Crippen LogP contribution is 2.16. The molecule has 4 N–H and O–H groups in total. The number of carbonyl (C=O) groups excluding carboxylic acids is 2. The lowest BCUT2D eigenvalue weighted by atomic mass is 10.0. The van der Waals surface area contributed by atoms with Crippen molar-refractivity contribution in [1.29, 1.82) is 0 Å². The van der Waals surface area contributed by atoms with Gasteiger partial charge in [0, 0.05) is 5.69 Å². The first-order valence-electron chi connectivity index (χ1n) is 7.05. The summed E-state index contributed by atoms with van der Waals surface area (Å²) < 4.78 is 0. The molecule has 120 valence electrons. The lowest BCUT2D eigenvalue weighted by Crippen LogP contribution is -2.51. The molecule has 2 unspecified atom stereocenters. The third-order valence-electron chi connectivity index (χ3n) is 3.37. The van der Waals surface area contributed by atoms with E-state index < -0.39 is 24.0 Å². The Bertz CT molecular complexity index is 671. The van der Waals surface area contributed by atoms with Gasteiger partial charge in [0.1, 0.15) is 6.10 Å². The highest BCUT2D eigenvalue weighted by molar-refractivity contribution is 5.84. The summed E-state index contributed by atoms with van der Waals surface area (Å²) in [7, 11) is 0. The number of benzene rings is 2. The zero-order chi connectivity index (χ0) is 16.8. The number of carboxylic acid groups (broad SMARTS) is 1. The molecule has 0 aromatic heterocycles. The van der Waals surface area contributed by atoms with E-state index in [4.69, 9.17) is 5.73 Å². The topological polar surface area (TPSA) is 115 Å².